The minimum atomic E-state index is -0.00894. The summed E-state index contributed by atoms with van der Waals surface area (Å²) in [5, 5.41) is 4.58. The maximum Gasteiger partial charge on any atom is 0.255 e. The van der Waals surface area contributed by atoms with E-state index in [9.17, 15) is 4.79 Å². The largest absolute Gasteiger partial charge is 0.383 e. The summed E-state index contributed by atoms with van der Waals surface area (Å²) in [6, 6.07) is 7.33. The van der Waals surface area contributed by atoms with Crippen LogP contribution < -0.4 is 5.32 Å². The molecule has 0 aliphatic carbocycles. The molecule has 0 spiro atoms. The van der Waals surface area contributed by atoms with Crippen LogP contribution in [0.5, 0.6) is 0 Å². The van der Waals surface area contributed by atoms with Crippen LogP contribution in [0.3, 0.4) is 0 Å². The number of benzene rings is 1. The SMILES string of the molecule is CCCCN(C)C(=O)c1cncc(NCCc2ccc(Cl)cc2Cl)c1. The molecule has 0 radical (unpaired) electrons. The second-order valence-electron chi connectivity index (χ2n) is 5.96. The molecule has 134 valence electrons. The van der Waals surface area contributed by atoms with Crippen molar-refractivity contribution in [3.63, 3.8) is 0 Å². The summed E-state index contributed by atoms with van der Waals surface area (Å²) in [6.45, 7) is 3.55. The first-order chi connectivity index (χ1) is 12.0. The third-order valence-corrected chi connectivity index (χ3v) is 4.50. The third kappa shape index (κ3) is 5.91. The zero-order valence-corrected chi connectivity index (χ0v) is 16.1. The van der Waals surface area contributed by atoms with Gasteiger partial charge in [-0.1, -0.05) is 42.6 Å². The Kier molecular flexibility index (Phi) is 7.53. The Bertz CT molecular complexity index is 722. The molecular formula is C19H23Cl2N3O. The molecule has 1 N–H and O–H groups in total. The lowest BCUT2D eigenvalue weighted by atomic mass is 10.1. The molecule has 0 aliphatic rings. The topological polar surface area (TPSA) is 45.2 Å². The molecule has 4 nitrogen and oxygen atoms in total. The zero-order valence-electron chi connectivity index (χ0n) is 14.6. The van der Waals surface area contributed by atoms with Crippen molar-refractivity contribution in [3.8, 4) is 0 Å². The zero-order chi connectivity index (χ0) is 18.2. The predicted octanol–water partition coefficient (Wildman–Crippen LogP) is 4.92. The Morgan fingerprint density at radius 2 is 2.04 bits per heavy atom. The summed E-state index contributed by atoms with van der Waals surface area (Å²) in [4.78, 5) is 18.3. The van der Waals surface area contributed by atoms with Crippen LogP contribution in [0.25, 0.3) is 0 Å². The Labute approximate surface area is 159 Å². The minimum Gasteiger partial charge on any atom is -0.383 e. The maximum atomic E-state index is 12.4. The van der Waals surface area contributed by atoms with E-state index in [0.29, 0.717) is 22.2 Å². The van der Waals surface area contributed by atoms with E-state index in [1.807, 2.05) is 25.2 Å². The summed E-state index contributed by atoms with van der Waals surface area (Å²) in [5.74, 6) is -0.00894. The van der Waals surface area contributed by atoms with Crippen molar-refractivity contribution in [2.24, 2.45) is 0 Å². The van der Waals surface area contributed by atoms with Gasteiger partial charge in [0.15, 0.2) is 0 Å². The van der Waals surface area contributed by atoms with Gasteiger partial charge in [-0.25, -0.2) is 0 Å². The van der Waals surface area contributed by atoms with Crippen molar-refractivity contribution < 1.29 is 4.79 Å². The molecule has 25 heavy (non-hydrogen) atoms. The van der Waals surface area contributed by atoms with Crippen molar-refractivity contribution in [2.75, 3.05) is 25.5 Å². The number of anilines is 1. The number of carbonyl (C=O) groups excluding carboxylic acids is 1. The van der Waals surface area contributed by atoms with Crippen LogP contribution in [0.2, 0.25) is 10.0 Å². The fraction of sp³-hybridized carbons (Fsp3) is 0.368. The molecule has 1 amide bonds. The molecule has 1 heterocycles. The quantitative estimate of drug-likeness (QED) is 0.707. The summed E-state index contributed by atoms with van der Waals surface area (Å²) >= 11 is 12.1. The van der Waals surface area contributed by atoms with Crippen LogP contribution >= 0.6 is 23.2 Å². The fourth-order valence-corrected chi connectivity index (χ4v) is 2.94. The van der Waals surface area contributed by atoms with E-state index in [1.165, 1.54) is 0 Å². The first-order valence-corrected chi connectivity index (χ1v) is 9.15. The highest BCUT2D eigenvalue weighted by atomic mass is 35.5. The molecule has 0 atom stereocenters. The van der Waals surface area contributed by atoms with Gasteiger partial charge < -0.3 is 10.2 Å². The second kappa shape index (κ2) is 9.64. The van der Waals surface area contributed by atoms with Gasteiger partial charge in [0, 0.05) is 42.6 Å². The number of hydrogen-bond acceptors (Lipinski definition) is 3. The lowest BCUT2D eigenvalue weighted by Crippen LogP contribution is -2.27. The third-order valence-electron chi connectivity index (χ3n) is 3.92. The number of rotatable bonds is 8. The van der Waals surface area contributed by atoms with Gasteiger partial charge in [0.25, 0.3) is 5.91 Å². The molecule has 1 aromatic heterocycles. The van der Waals surface area contributed by atoms with Gasteiger partial charge in [0.2, 0.25) is 0 Å². The Morgan fingerprint density at radius 3 is 2.76 bits per heavy atom. The highest BCUT2D eigenvalue weighted by Crippen LogP contribution is 2.21. The van der Waals surface area contributed by atoms with Crippen LogP contribution in [-0.2, 0) is 6.42 Å². The molecule has 0 fully saturated rings. The van der Waals surface area contributed by atoms with Crippen molar-refractivity contribution >= 4 is 34.8 Å². The van der Waals surface area contributed by atoms with Gasteiger partial charge in [-0.2, -0.15) is 0 Å². The Hall–Kier alpha value is -1.78. The molecule has 2 rings (SSSR count). The van der Waals surface area contributed by atoms with Crippen molar-refractivity contribution in [2.45, 2.75) is 26.2 Å². The molecule has 6 heteroatoms. The summed E-state index contributed by atoms with van der Waals surface area (Å²) in [7, 11) is 1.82. The smallest absolute Gasteiger partial charge is 0.255 e. The minimum absolute atomic E-state index is 0.00894. The van der Waals surface area contributed by atoms with Crippen LogP contribution in [0.1, 0.15) is 35.7 Å². The average molecular weight is 380 g/mol. The van der Waals surface area contributed by atoms with Crippen LogP contribution in [0.4, 0.5) is 5.69 Å². The Balaban J connectivity index is 1.93. The number of halogens is 2. The normalized spacial score (nSPS) is 10.6. The molecule has 0 unspecified atom stereocenters. The number of nitrogens with one attached hydrogen (secondary N) is 1. The highest BCUT2D eigenvalue weighted by Gasteiger charge is 2.12. The van der Waals surface area contributed by atoms with Gasteiger partial charge in [0.1, 0.15) is 0 Å². The van der Waals surface area contributed by atoms with Gasteiger partial charge in [-0.05, 0) is 36.6 Å². The van der Waals surface area contributed by atoms with E-state index in [2.05, 4.69) is 17.2 Å². The summed E-state index contributed by atoms with van der Waals surface area (Å²) in [6.07, 6.45) is 6.13. The number of hydrogen-bond donors (Lipinski definition) is 1. The van der Waals surface area contributed by atoms with Crippen molar-refractivity contribution in [1.29, 1.82) is 0 Å². The van der Waals surface area contributed by atoms with Gasteiger partial charge in [-0.15, -0.1) is 0 Å². The first kappa shape index (κ1) is 19.5. The molecule has 0 saturated carbocycles. The first-order valence-electron chi connectivity index (χ1n) is 8.39. The highest BCUT2D eigenvalue weighted by molar-refractivity contribution is 6.35. The maximum absolute atomic E-state index is 12.4. The van der Waals surface area contributed by atoms with Gasteiger partial charge in [-0.3, -0.25) is 9.78 Å². The van der Waals surface area contributed by atoms with Gasteiger partial charge >= 0.3 is 0 Å². The van der Waals surface area contributed by atoms with E-state index in [4.69, 9.17) is 23.2 Å². The summed E-state index contributed by atoms with van der Waals surface area (Å²) in [5.41, 5.74) is 2.44. The fourth-order valence-electron chi connectivity index (χ4n) is 2.44. The molecule has 0 saturated heterocycles. The predicted molar refractivity (Wildman–Crippen MR) is 105 cm³/mol. The van der Waals surface area contributed by atoms with Crippen LogP contribution in [0, 0.1) is 0 Å². The molecule has 1 aromatic carbocycles. The molecular weight excluding hydrogens is 357 g/mol. The van der Waals surface area contributed by atoms with Crippen LogP contribution in [0.15, 0.2) is 36.7 Å². The lowest BCUT2D eigenvalue weighted by Gasteiger charge is -2.17. The lowest BCUT2D eigenvalue weighted by molar-refractivity contribution is 0.0793. The van der Waals surface area contributed by atoms with E-state index < -0.39 is 0 Å². The number of unbranched alkanes of at least 4 members (excludes halogenated alkanes) is 1. The summed E-state index contributed by atoms with van der Waals surface area (Å²) < 4.78 is 0. The van der Waals surface area contributed by atoms with Crippen LogP contribution in [-0.4, -0.2) is 35.9 Å². The number of nitrogens with zero attached hydrogens (tertiary/aromatic N) is 2. The second-order valence-corrected chi connectivity index (χ2v) is 6.80. The number of amides is 1. The standard InChI is InChI=1S/C19H23Cl2N3O/c1-3-4-9-24(2)19(25)15-10-17(13-22-12-15)23-8-7-14-5-6-16(20)11-18(14)21/h5-6,10-13,23H,3-4,7-9H2,1-2H3. The average Bonchev–Trinajstić information content (AvgIpc) is 2.61. The molecule has 0 bridgehead atoms. The number of pyridine rings is 1. The Morgan fingerprint density at radius 1 is 1.24 bits per heavy atom. The van der Waals surface area contributed by atoms with E-state index >= 15 is 0 Å². The number of carbonyl (C=O) groups is 1. The van der Waals surface area contributed by atoms with E-state index in [1.54, 1.807) is 23.4 Å². The number of aromatic nitrogens is 1. The van der Waals surface area contributed by atoms with E-state index in [0.717, 1.165) is 37.1 Å². The monoisotopic (exact) mass is 379 g/mol. The molecule has 2 aromatic rings. The molecule has 0 aliphatic heterocycles. The van der Waals surface area contributed by atoms with Gasteiger partial charge in [0.05, 0.1) is 11.3 Å². The van der Waals surface area contributed by atoms with Crippen molar-refractivity contribution in [3.05, 3.63) is 57.8 Å². The van der Waals surface area contributed by atoms with Crippen molar-refractivity contribution in [1.82, 2.24) is 9.88 Å². The van der Waals surface area contributed by atoms with E-state index in [-0.39, 0.29) is 5.91 Å².